The summed E-state index contributed by atoms with van der Waals surface area (Å²) in [5.74, 6) is -0.0128. The van der Waals surface area contributed by atoms with Crippen LogP contribution in [0.1, 0.15) is 48.0 Å². The summed E-state index contributed by atoms with van der Waals surface area (Å²) in [6, 6.07) is 6.86. The Hall–Kier alpha value is -2.28. The molecule has 0 unspecified atom stereocenters. The van der Waals surface area contributed by atoms with E-state index in [0.717, 1.165) is 37.1 Å². The Labute approximate surface area is 144 Å². The van der Waals surface area contributed by atoms with Gasteiger partial charge in [0.2, 0.25) is 11.0 Å². The van der Waals surface area contributed by atoms with Crippen molar-refractivity contribution in [1.82, 2.24) is 10.2 Å². The lowest BCUT2D eigenvalue weighted by molar-refractivity contribution is -0.117. The summed E-state index contributed by atoms with van der Waals surface area (Å²) in [6.07, 6.45) is 4.99. The van der Waals surface area contributed by atoms with Crippen LogP contribution >= 0.6 is 11.3 Å². The van der Waals surface area contributed by atoms with Gasteiger partial charge in [0.25, 0.3) is 5.91 Å². The minimum Gasteiger partial charge on any atom is -0.326 e. The first-order valence-corrected chi connectivity index (χ1v) is 9.02. The highest BCUT2D eigenvalue weighted by molar-refractivity contribution is 7.15. The molecule has 0 spiro atoms. The summed E-state index contributed by atoms with van der Waals surface area (Å²) in [6.45, 7) is 2.13. The Morgan fingerprint density at radius 1 is 1.17 bits per heavy atom. The van der Waals surface area contributed by atoms with Crippen LogP contribution in [0.2, 0.25) is 0 Å². The number of carbonyl (C=O) groups excluding carboxylic acids is 2. The molecule has 1 aromatic heterocycles. The summed E-state index contributed by atoms with van der Waals surface area (Å²) in [4.78, 5) is 23.9. The van der Waals surface area contributed by atoms with E-state index in [0.29, 0.717) is 16.4 Å². The van der Waals surface area contributed by atoms with Crippen molar-refractivity contribution < 1.29 is 9.59 Å². The molecule has 126 valence electrons. The molecule has 7 heteroatoms. The summed E-state index contributed by atoms with van der Waals surface area (Å²) in [7, 11) is 0. The summed E-state index contributed by atoms with van der Waals surface area (Å²) < 4.78 is 0. The number of benzene rings is 1. The molecule has 1 fully saturated rings. The van der Waals surface area contributed by atoms with Crippen LogP contribution < -0.4 is 10.6 Å². The van der Waals surface area contributed by atoms with Crippen molar-refractivity contribution in [2.45, 2.75) is 39.0 Å². The molecule has 0 saturated heterocycles. The second kappa shape index (κ2) is 7.53. The molecule has 2 N–H and O–H groups in total. The number of anilines is 2. The minimum atomic E-state index is -0.228. The number of rotatable bonds is 7. The molecule has 24 heavy (non-hydrogen) atoms. The van der Waals surface area contributed by atoms with Gasteiger partial charge in [0.1, 0.15) is 5.01 Å². The maximum absolute atomic E-state index is 12.2. The van der Waals surface area contributed by atoms with E-state index in [2.05, 4.69) is 27.8 Å². The molecule has 0 radical (unpaired) electrons. The zero-order chi connectivity index (χ0) is 16.9. The van der Waals surface area contributed by atoms with Crippen molar-refractivity contribution in [3.05, 3.63) is 34.8 Å². The van der Waals surface area contributed by atoms with E-state index in [-0.39, 0.29) is 17.7 Å². The van der Waals surface area contributed by atoms with Crippen LogP contribution in [0.4, 0.5) is 10.8 Å². The Bertz CT molecular complexity index is 722. The van der Waals surface area contributed by atoms with E-state index in [1.165, 1.54) is 11.3 Å². The standard InChI is InChI=1S/C17H20N4O2S/c1-2-3-4-14-20-21-17(24-14)19-16(23)12-7-9-13(10-8-12)18-15(22)11-5-6-11/h7-11H,2-6H2,1H3,(H,18,22)(H,19,21,23). The van der Waals surface area contributed by atoms with Crippen LogP contribution in [0.3, 0.4) is 0 Å². The van der Waals surface area contributed by atoms with Crippen LogP contribution in [0, 0.1) is 5.92 Å². The van der Waals surface area contributed by atoms with E-state index < -0.39 is 0 Å². The zero-order valence-electron chi connectivity index (χ0n) is 13.5. The average molecular weight is 344 g/mol. The SMILES string of the molecule is CCCCc1nnc(NC(=O)c2ccc(NC(=O)C3CC3)cc2)s1. The number of aromatic nitrogens is 2. The van der Waals surface area contributed by atoms with Crippen LogP contribution in [0.25, 0.3) is 0 Å². The lowest BCUT2D eigenvalue weighted by Crippen LogP contribution is -2.14. The molecule has 1 aliphatic rings. The monoisotopic (exact) mass is 344 g/mol. The number of hydrogen-bond acceptors (Lipinski definition) is 5. The lowest BCUT2D eigenvalue weighted by Gasteiger charge is -2.05. The van der Waals surface area contributed by atoms with E-state index in [1.54, 1.807) is 24.3 Å². The van der Waals surface area contributed by atoms with Gasteiger partial charge in [-0.2, -0.15) is 0 Å². The predicted molar refractivity (Wildman–Crippen MR) is 94.3 cm³/mol. The highest BCUT2D eigenvalue weighted by atomic mass is 32.1. The van der Waals surface area contributed by atoms with E-state index >= 15 is 0 Å². The highest BCUT2D eigenvalue weighted by Crippen LogP contribution is 2.30. The Kier molecular flexibility index (Phi) is 5.20. The summed E-state index contributed by atoms with van der Waals surface area (Å²) in [5, 5.41) is 15.1. The molecule has 3 rings (SSSR count). The van der Waals surface area contributed by atoms with Crippen molar-refractivity contribution in [2.75, 3.05) is 10.6 Å². The molecule has 0 aliphatic heterocycles. The number of aryl methyl sites for hydroxylation is 1. The van der Waals surface area contributed by atoms with E-state index in [1.807, 2.05) is 0 Å². The fraction of sp³-hybridized carbons (Fsp3) is 0.412. The largest absolute Gasteiger partial charge is 0.326 e. The van der Waals surface area contributed by atoms with Crippen molar-refractivity contribution in [3.63, 3.8) is 0 Å². The molecule has 1 saturated carbocycles. The third-order valence-electron chi connectivity index (χ3n) is 3.79. The molecular weight excluding hydrogens is 324 g/mol. The van der Waals surface area contributed by atoms with Crippen molar-refractivity contribution in [1.29, 1.82) is 0 Å². The topological polar surface area (TPSA) is 84.0 Å². The molecule has 2 amide bonds. The molecule has 6 nitrogen and oxygen atoms in total. The molecule has 0 bridgehead atoms. The van der Waals surface area contributed by atoms with Gasteiger partial charge in [-0.1, -0.05) is 24.7 Å². The van der Waals surface area contributed by atoms with Crippen LogP contribution in [-0.2, 0) is 11.2 Å². The number of nitrogens with one attached hydrogen (secondary N) is 2. The zero-order valence-corrected chi connectivity index (χ0v) is 14.4. The quantitative estimate of drug-likeness (QED) is 0.805. The maximum Gasteiger partial charge on any atom is 0.257 e. The van der Waals surface area contributed by atoms with Crippen molar-refractivity contribution in [2.24, 2.45) is 5.92 Å². The van der Waals surface area contributed by atoms with Crippen LogP contribution in [0.5, 0.6) is 0 Å². The van der Waals surface area contributed by atoms with E-state index in [4.69, 9.17) is 0 Å². The fourth-order valence-electron chi connectivity index (χ4n) is 2.20. The molecular formula is C17H20N4O2S. The van der Waals surface area contributed by atoms with Crippen molar-refractivity contribution in [3.8, 4) is 0 Å². The highest BCUT2D eigenvalue weighted by Gasteiger charge is 2.29. The Morgan fingerprint density at radius 2 is 1.92 bits per heavy atom. The van der Waals surface area contributed by atoms with Gasteiger partial charge in [-0.15, -0.1) is 10.2 Å². The molecule has 1 heterocycles. The molecule has 1 aromatic carbocycles. The Morgan fingerprint density at radius 3 is 2.58 bits per heavy atom. The number of nitrogens with zero attached hydrogens (tertiary/aromatic N) is 2. The number of amides is 2. The van der Waals surface area contributed by atoms with Gasteiger partial charge >= 0.3 is 0 Å². The lowest BCUT2D eigenvalue weighted by atomic mass is 10.2. The van der Waals surface area contributed by atoms with E-state index in [9.17, 15) is 9.59 Å². The van der Waals surface area contributed by atoms with Gasteiger partial charge in [-0.25, -0.2) is 0 Å². The molecule has 0 atom stereocenters. The normalized spacial score (nSPS) is 13.5. The maximum atomic E-state index is 12.2. The third-order valence-corrected chi connectivity index (χ3v) is 4.69. The minimum absolute atomic E-state index is 0.0562. The van der Waals surface area contributed by atoms with Gasteiger partial charge in [0, 0.05) is 23.6 Å². The first kappa shape index (κ1) is 16.6. The van der Waals surface area contributed by atoms with Crippen LogP contribution in [0.15, 0.2) is 24.3 Å². The summed E-state index contributed by atoms with van der Waals surface area (Å²) >= 11 is 1.41. The third kappa shape index (κ3) is 4.38. The predicted octanol–water partition coefficient (Wildman–Crippen LogP) is 3.48. The van der Waals surface area contributed by atoms with Crippen molar-refractivity contribution >= 4 is 34.0 Å². The average Bonchev–Trinajstić information content (AvgIpc) is 3.35. The second-order valence-corrected chi connectivity index (χ2v) is 6.96. The van der Waals surface area contributed by atoms with Gasteiger partial charge < -0.3 is 5.32 Å². The van der Waals surface area contributed by atoms with Crippen LogP contribution in [-0.4, -0.2) is 22.0 Å². The first-order valence-electron chi connectivity index (χ1n) is 8.20. The van der Waals surface area contributed by atoms with Gasteiger partial charge in [0.15, 0.2) is 0 Å². The smallest absolute Gasteiger partial charge is 0.257 e. The summed E-state index contributed by atoms with van der Waals surface area (Å²) in [5.41, 5.74) is 1.23. The number of carbonyl (C=O) groups is 2. The first-order chi connectivity index (χ1) is 11.7. The van der Waals surface area contributed by atoms with Gasteiger partial charge in [-0.05, 0) is 43.5 Å². The second-order valence-electron chi connectivity index (χ2n) is 5.90. The fourth-order valence-corrected chi connectivity index (χ4v) is 2.97. The van der Waals surface area contributed by atoms with Gasteiger partial charge in [-0.3, -0.25) is 14.9 Å². The number of unbranched alkanes of at least 4 members (excludes halogenated alkanes) is 1. The molecule has 2 aromatic rings. The molecule has 1 aliphatic carbocycles. The number of hydrogen-bond donors (Lipinski definition) is 2. The van der Waals surface area contributed by atoms with Gasteiger partial charge in [0.05, 0.1) is 0 Å². The Balaban J connectivity index is 1.56.